The number of carboxylic acids is 1. The summed E-state index contributed by atoms with van der Waals surface area (Å²) >= 11 is 1.29. The average Bonchev–Trinajstić information content (AvgIpc) is 2.55. The van der Waals surface area contributed by atoms with Gasteiger partial charge in [0.05, 0.1) is 23.7 Å². The van der Waals surface area contributed by atoms with Gasteiger partial charge in [-0.3, -0.25) is 4.79 Å². The zero-order valence-electron chi connectivity index (χ0n) is 12.2. The number of nitrogens with one attached hydrogen (secondary N) is 1. The van der Waals surface area contributed by atoms with Crippen molar-refractivity contribution in [3.63, 3.8) is 0 Å². The fourth-order valence-corrected chi connectivity index (χ4v) is 3.07. The van der Waals surface area contributed by atoms with Crippen LogP contribution in [-0.4, -0.2) is 19.0 Å². The molecule has 0 aromatic heterocycles. The number of hydrogen-bond donors (Lipinski definition) is 1. The van der Waals surface area contributed by atoms with E-state index < -0.39 is 5.97 Å². The molecule has 5 nitrogen and oxygen atoms in total. The molecule has 0 aliphatic carbocycles. The summed E-state index contributed by atoms with van der Waals surface area (Å²) in [6.45, 7) is 0. The Bertz CT molecular complexity index is 812. The highest BCUT2D eigenvalue weighted by Crippen LogP contribution is 2.39. The smallest absolute Gasteiger partial charge is 0.262 e. The SMILES string of the molecule is COc1ccc(C=C2Sc3ccc(C(=O)[O-])cc3NC2=O)cc1. The van der Waals surface area contributed by atoms with Crippen molar-refractivity contribution >= 4 is 35.4 Å². The van der Waals surface area contributed by atoms with Crippen molar-refractivity contribution < 1.29 is 19.4 Å². The van der Waals surface area contributed by atoms with E-state index >= 15 is 0 Å². The minimum atomic E-state index is -1.27. The minimum Gasteiger partial charge on any atom is -0.545 e. The Morgan fingerprint density at radius 3 is 2.61 bits per heavy atom. The third-order valence-corrected chi connectivity index (χ3v) is 4.42. The quantitative estimate of drug-likeness (QED) is 0.874. The van der Waals surface area contributed by atoms with Crippen molar-refractivity contribution in [1.29, 1.82) is 0 Å². The molecular weight excluding hydrogens is 314 g/mol. The molecule has 3 rings (SSSR count). The molecule has 1 aliphatic rings. The molecule has 1 N–H and O–H groups in total. The number of rotatable bonds is 3. The van der Waals surface area contributed by atoms with Gasteiger partial charge in [0.25, 0.3) is 5.91 Å². The van der Waals surface area contributed by atoms with Crippen LogP contribution in [0.3, 0.4) is 0 Å². The molecule has 1 amide bonds. The van der Waals surface area contributed by atoms with Crippen LogP contribution in [0.15, 0.2) is 52.3 Å². The van der Waals surface area contributed by atoms with Gasteiger partial charge in [-0.1, -0.05) is 30.0 Å². The van der Waals surface area contributed by atoms with Crippen molar-refractivity contribution in [2.75, 3.05) is 12.4 Å². The Labute approximate surface area is 137 Å². The maximum Gasteiger partial charge on any atom is 0.262 e. The van der Waals surface area contributed by atoms with Gasteiger partial charge < -0.3 is 20.0 Å². The van der Waals surface area contributed by atoms with Crippen LogP contribution in [0, 0.1) is 0 Å². The highest BCUT2D eigenvalue weighted by atomic mass is 32.2. The van der Waals surface area contributed by atoms with E-state index in [1.165, 1.54) is 23.9 Å². The predicted octanol–water partition coefficient (Wildman–Crippen LogP) is 2.14. The maximum atomic E-state index is 12.2. The number of carbonyl (C=O) groups excluding carboxylic acids is 2. The van der Waals surface area contributed by atoms with E-state index in [1.807, 2.05) is 24.3 Å². The topological polar surface area (TPSA) is 78.5 Å². The summed E-state index contributed by atoms with van der Waals surface area (Å²) in [5.74, 6) is -0.798. The number of benzene rings is 2. The second-order valence-electron chi connectivity index (χ2n) is 4.84. The Kier molecular flexibility index (Phi) is 4.08. The van der Waals surface area contributed by atoms with Crippen LogP contribution in [0.1, 0.15) is 15.9 Å². The van der Waals surface area contributed by atoms with Crippen LogP contribution >= 0.6 is 11.8 Å². The molecule has 0 unspecified atom stereocenters. The normalized spacial score (nSPS) is 15.0. The first-order valence-electron chi connectivity index (χ1n) is 6.77. The van der Waals surface area contributed by atoms with E-state index in [4.69, 9.17) is 4.74 Å². The van der Waals surface area contributed by atoms with Crippen molar-refractivity contribution in [1.82, 2.24) is 0 Å². The van der Waals surface area contributed by atoms with Crippen LogP contribution in [0.25, 0.3) is 6.08 Å². The highest BCUT2D eigenvalue weighted by Gasteiger charge is 2.21. The van der Waals surface area contributed by atoms with Crippen LogP contribution < -0.4 is 15.2 Å². The molecule has 0 atom stereocenters. The number of amides is 1. The van der Waals surface area contributed by atoms with Gasteiger partial charge in [-0.2, -0.15) is 0 Å². The number of carbonyl (C=O) groups is 2. The number of thioether (sulfide) groups is 1. The lowest BCUT2D eigenvalue weighted by atomic mass is 10.2. The van der Waals surface area contributed by atoms with E-state index in [-0.39, 0.29) is 11.5 Å². The Morgan fingerprint density at radius 1 is 1.22 bits per heavy atom. The lowest BCUT2D eigenvalue weighted by molar-refractivity contribution is -0.255. The molecule has 1 heterocycles. The predicted molar refractivity (Wildman–Crippen MR) is 86.2 cm³/mol. The zero-order chi connectivity index (χ0) is 16.4. The number of ether oxygens (including phenoxy) is 1. The van der Waals surface area contributed by atoms with Crippen LogP contribution in [0.5, 0.6) is 5.75 Å². The van der Waals surface area contributed by atoms with Gasteiger partial charge >= 0.3 is 0 Å². The Hall–Kier alpha value is -2.73. The summed E-state index contributed by atoms with van der Waals surface area (Å²) in [7, 11) is 1.59. The number of carboxylic acid groups (broad SMARTS) is 1. The van der Waals surface area contributed by atoms with Gasteiger partial charge in [0.15, 0.2) is 0 Å². The monoisotopic (exact) mass is 326 g/mol. The number of anilines is 1. The molecular formula is C17H12NO4S-. The van der Waals surface area contributed by atoms with Gasteiger partial charge in [0, 0.05) is 4.90 Å². The molecule has 0 bridgehead atoms. The largest absolute Gasteiger partial charge is 0.545 e. The van der Waals surface area contributed by atoms with E-state index in [0.717, 1.165) is 16.2 Å². The Balaban J connectivity index is 1.89. The van der Waals surface area contributed by atoms with E-state index in [0.29, 0.717) is 10.6 Å². The van der Waals surface area contributed by atoms with Crippen molar-refractivity contribution in [3.8, 4) is 5.75 Å². The molecule has 1 aliphatic heterocycles. The highest BCUT2D eigenvalue weighted by molar-refractivity contribution is 8.04. The van der Waals surface area contributed by atoms with Crippen LogP contribution in [0.2, 0.25) is 0 Å². The lowest BCUT2D eigenvalue weighted by Crippen LogP contribution is -2.23. The molecule has 2 aromatic carbocycles. The number of fused-ring (bicyclic) bond motifs is 1. The molecule has 0 fully saturated rings. The minimum absolute atomic E-state index is 0.0345. The third-order valence-electron chi connectivity index (χ3n) is 3.32. The van der Waals surface area contributed by atoms with Gasteiger partial charge in [0.2, 0.25) is 0 Å². The van der Waals surface area contributed by atoms with Gasteiger partial charge in [0.1, 0.15) is 5.75 Å². The molecule has 116 valence electrons. The number of methoxy groups -OCH3 is 1. The molecule has 2 aromatic rings. The van der Waals surface area contributed by atoms with Gasteiger partial charge in [-0.25, -0.2) is 0 Å². The fourth-order valence-electron chi connectivity index (χ4n) is 2.14. The summed E-state index contributed by atoms with van der Waals surface area (Å²) in [5, 5.41) is 13.6. The molecule has 6 heteroatoms. The summed E-state index contributed by atoms with van der Waals surface area (Å²) in [5.41, 5.74) is 1.39. The first-order valence-corrected chi connectivity index (χ1v) is 7.59. The van der Waals surface area contributed by atoms with Crippen molar-refractivity contribution in [2.45, 2.75) is 4.90 Å². The number of hydrogen-bond acceptors (Lipinski definition) is 5. The zero-order valence-corrected chi connectivity index (χ0v) is 13.0. The standard InChI is InChI=1S/C17H13NO4S/c1-22-12-5-2-10(3-6-12)8-15-16(19)18-13-9-11(17(20)21)4-7-14(13)23-15/h2-9H,1H3,(H,18,19)(H,20,21)/p-1. The summed E-state index contributed by atoms with van der Waals surface area (Å²) < 4.78 is 5.10. The summed E-state index contributed by atoms with van der Waals surface area (Å²) in [4.78, 5) is 24.4. The second kappa shape index (κ2) is 6.18. The maximum absolute atomic E-state index is 12.2. The van der Waals surface area contributed by atoms with E-state index in [9.17, 15) is 14.7 Å². The molecule has 0 saturated heterocycles. The first kappa shape index (κ1) is 15.2. The molecule has 0 saturated carbocycles. The fraction of sp³-hybridized carbons (Fsp3) is 0.0588. The molecule has 0 spiro atoms. The third kappa shape index (κ3) is 3.22. The lowest BCUT2D eigenvalue weighted by Gasteiger charge is -2.19. The Morgan fingerprint density at radius 2 is 1.96 bits per heavy atom. The van der Waals surface area contributed by atoms with E-state index in [2.05, 4.69) is 5.32 Å². The molecule has 0 radical (unpaired) electrons. The number of aromatic carboxylic acids is 1. The average molecular weight is 326 g/mol. The summed E-state index contributed by atoms with van der Waals surface area (Å²) in [6.07, 6.45) is 1.77. The molecule has 23 heavy (non-hydrogen) atoms. The van der Waals surface area contributed by atoms with Gasteiger partial charge in [-0.15, -0.1) is 0 Å². The van der Waals surface area contributed by atoms with Crippen LogP contribution in [-0.2, 0) is 4.79 Å². The second-order valence-corrected chi connectivity index (χ2v) is 5.92. The first-order chi connectivity index (χ1) is 11.1. The summed E-state index contributed by atoms with van der Waals surface area (Å²) in [6, 6.07) is 11.9. The van der Waals surface area contributed by atoms with Gasteiger partial charge in [-0.05, 0) is 41.5 Å². The van der Waals surface area contributed by atoms with Crippen molar-refractivity contribution in [2.24, 2.45) is 0 Å². The van der Waals surface area contributed by atoms with E-state index in [1.54, 1.807) is 19.3 Å². The van der Waals surface area contributed by atoms with Crippen LogP contribution in [0.4, 0.5) is 5.69 Å². The van der Waals surface area contributed by atoms with Crippen molar-refractivity contribution in [3.05, 3.63) is 58.5 Å².